The van der Waals surface area contributed by atoms with Gasteiger partial charge in [0, 0.05) is 17.7 Å². The molecule has 0 saturated heterocycles. The van der Waals surface area contributed by atoms with Crippen LogP contribution in [0, 0.1) is 15.9 Å². The molecule has 0 aromatic heterocycles. The van der Waals surface area contributed by atoms with Crippen molar-refractivity contribution in [3.8, 4) is 5.75 Å². The van der Waals surface area contributed by atoms with Crippen molar-refractivity contribution >= 4 is 67.1 Å². The highest BCUT2D eigenvalue weighted by molar-refractivity contribution is 9.11. The Balaban J connectivity index is 1.60. The number of rotatable bonds is 6. The van der Waals surface area contributed by atoms with Crippen LogP contribution in [0.1, 0.15) is 16.7 Å². The van der Waals surface area contributed by atoms with E-state index >= 15 is 0 Å². The Bertz CT molecular complexity index is 1370. The molecule has 172 valence electrons. The van der Waals surface area contributed by atoms with Gasteiger partial charge in [0.25, 0.3) is 5.69 Å². The van der Waals surface area contributed by atoms with Crippen LogP contribution in [0.25, 0.3) is 6.08 Å². The number of nitro groups is 1. The Kier molecular flexibility index (Phi) is 7.11. The van der Waals surface area contributed by atoms with E-state index in [0.717, 1.165) is 0 Å². The summed E-state index contributed by atoms with van der Waals surface area (Å²) in [5.74, 6) is -0.780. The first-order valence-electron chi connectivity index (χ1n) is 9.55. The molecule has 1 aliphatic rings. The van der Waals surface area contributed by atoms with E-state index < -0.39 is 10.9 Å². The number of ether oxygens (including phenoxy) is 2. The molecule has 0 N–H and O–H groups in total. The monoisotopic (exact) mass is 608 g/mol. The van der Waals surface area contributed by atoms with Crippen LogP contribution in [0.5, 0.6) is 5.75 Å². The molecule has 4 rings (SSSR count). The lowest BCUT2D eigenvalue weighted by Crippen LogP contribution is -2.06. The number of cyclic esters (lactones) is 1. The van der Waals surface area contributed by atoms with Gasteiger partial charge in [-0.2, -0.15) is 0 Å². The molecular weight excluding hydrogens is 599 g/mol. The molecule has 7 nitrogen and oxygen atoms in total. The maximum Gasteiger partial charge on any atom is 0.363 e. The number of nitrogens with zero attached hydrogens (tertiary/aromatic N) is 2. The zero-order chi connectivity index (χ0) is 24.4. The second kappa shape index (κ2) is 10.0. The number of nitro benzene ring substituents is 1. The van der Waals surface area contributed by atoms with Crippen LogP contribution in [0.15, 0.2) is 74.2 Å². The number of hydrogen-bond donors (Lipinski definition) is 0. The quantitative estimate of drug-likeness (QED) is 0.132. The van der Waals surface area contributed by atoms with Crippen molar-refractivity contribution in [2.45, 2.75) is 6.61 Å². The van der Waals surface area contributed by atoms with Crippen LogP contribution >= 0.6 is 43.5 Å². The minimum absolute atomic E-state index is 0.0172. The van der Waals surface area contributed by atoms with Gasteiger partial charge in [0.15, 0.2) is 5.70 Å². The van der Waals surface area contributed by atoms with Gasteiger partial charge in [0.1, 0.15) is 18.2 Å². The minimum Gasteiger partial charge on any atom is -0.486 e. The molecule has 0 amide bonds. The maximum atomic E-state index is 13.9. The van der Waals surface area contributed by atoms with Crippen LogP contribution in [-0.4, -0.2) is 16.8 Å². The van der Waals surface area contributed by atoms with E-state index in [1.54, 1.807) is 30.3 Å². The molecule has 0 unspecified atom stereocenters. The third-order valence-electron chi connectivity index (χ3n) is 4.67. The lowest BCUT2D eigenvalue weighted by atomic mass is 10.2. The zero-order valence-electron chi connectivity index (χ0n) is 16.9. The van der Waals surface area contributed by atoms with E-state index in [1.165, 1.54) is 30.3 Å². The summed E-state index contributed by atoms with van der Waals surface area (Å²) in [5.41, 5.74) is 0.889. The molecule has 1 aliphatic heterocycles. The number of non-ortho nitro benzene ring substituents is 1. The summed E-state index contributed by atoms with van der Waals surface area (Å²) >= 11 is 13.0. The zero-order valence-corrected chi connectivity index (χ0v) is 20.9. The van der Waals surface area contributed by atoms with Crippen LogP contribution in [0.2, 0.25) is 5.02 Å². The summed E-state index contributed by atoms with van der Waals surface area (Å²) in [6.07, 6.45) is 1.48. The van der Waals surface area contributed by atoms with Crippen LogP contribution in [0.4, 0.5) is 10.1 Å². The highest BCUT2D eigenvalue weighted by Crippen LogP contribution is 2.36. The molecule has 34 heavy (non-hydrogen) atoms. The smallest absolute Gasteiger partial charge is 0.363 e. The highest BCUT2D eigenvalue weighted by atomic mass is 79.9. The van der Waals surface area contributed by atoms with E-state index in [4.69, 9.17) is 21.1 Å². The average Bonchev–Trinajstić information content (AvgIpc) is 3.14. The van der Waals surface area contributed by atoms with Gasteiger partial charge in [0.05, 0.1) is 24.5 Å². The number of esters is 1. The molecular formula is C23H12Br2ClFN2O5. The molecule has 0 saturated carbocycles. The lowest BCUT2D eigenvalue weighted by molar-refractivity contribution is -0.384. The van der Waals surface area contributed by atoms with E-state index in [2.05, 4.69) is 36.9 Å². The molecule has 1 heterocycles. The summed E-state index contributed by atoms with van der Waals surface area (Å²) in [6.45, 7) is 0.0221. The van der Waals surface area contributed by atoms with Crippen molar-refractivity contribution < 1.29 is 23.6 Å². The molecule has 0 radical (unpaired) electrons. The van der Waals surface area contributed by atoms with Crippen molar-refractivity contribution in [2.24, 2.45) is 4.99 Å². The Hall–Kier alpha value is -3.08. The largest absolute Gasteiger partial charge is 0.486 e. The fraction of sp³-hybridized carbons (Fsp3) is 0.0435. The van der Waals surface area contributed by atoms with Crippen molar-refractivity contribution in [1.29, 1.82) is 0 Å². The van der Waals surface area contributed by atoms with E-state index in [-0.39, 0.29) is 40.3 Å². The SMILES string of the molecule is O=C1OC(c2cc([N+](=O)[O-])ccc2Cl)=N/C1=C\c1cc(Br)c(OCc2ccccc2F)c(Br)c1. The number of carbonyl (C=O) groups excluding carboxylic acids is 1. The third kappa shape index (κ3) is 5.19. The van der Waals surface area contributed by atoms with Gasteiger partial charge in [-0.15, -0.1) is 0 Å². The second-order valence-corrected chi connectivity index (χ2v) is 9.07. The molecule has 11 heteroatoms. The first-order valence-corrected chi connectivity index (χ1v) is 11.5. The summed E-state index contributed by atoms with van der Waals surface area (Å²) < 4.78 is 25.9. The van der Waals surface area contributed by atoms with E-state index in [0.29, 0.717) is 25.8 Å². The van der Waals surface area contributed by atoms with Crippen molar-refractivity contribution in [2.75, 3.05) is 0 Å². The fourth-order valence-corrected chi connectivity index (χ4v) is 4.69. The predicted molar refractivity (Wildman–Crippen MR) is 131 cm³/mol. The minimum atomic E-state index is -0.732. The molecule has 0 bridgehead atoms. The van der Waals surface area contributed by atoms with E-state index in [9.17, 15) is 19.3 Å². The lowest BCUT2D eigenvalue weighted by Gasteiger charge is -2.12. The Morgan fingerprint density at radius 2 is 1.85 bits per heavy atom. The van der Waals surface area contributed by atoms with Crippen LogP contribution < -0.4 is 4.74 Å². The third-order valence-corrected chi connectivity index (χ3v) is 6.17. The van der Waals surface area contributed by atoms with Crippen LogP contribution in [-0.2, 0) is 16.1 Å². The van der Waals surface area contributed by atoms with Gasteiger partial charge < -0.3 is 9.47 Å². The number of benzene rings is 3. The summed E-state index contributed by atoms with van der Waals surface area (Å²) in [6, 6.07) is 13.4. The number of aliphatic imine (C=N–C) groups is 1. The van der Waals surface area contributed by atoms with Crippen LogP contribution in [0.3, 0.4) is 0 Å². The Morgan fingerprint density at radius 3 is 2.53 bits per heavy atom. The standard InChI is InChI=1S/C23H12Br2ClFN2O5/c24-16-7-12(8-17(25)21(16)33-11-13-3-1-2-4-19(13)27)9-20-23(30)34-22(28-20)15-10-14(29(31)32)5-6-18(15)26/h1-10H,11H2/b20-9-. The van der Waals surface area contributed by atoms with E-state index in [1.807, 2.05) is 0 Å². The molecule has 0 atom stereocenters. The first-order chi connectivity index (χ1) is 16.2. The number of hydrogen-bond acceptors (Lipinski definition) is 6. The molecule has 0 aliphatic carbocycles. The first kappa shape index (κ1) is 24.1. The van der Waals surface area contributed by atoms with Crippen molar-refractivity contribution in [3.05, 3.63) is 107 Å². The maximum absolute atomic E-state index is 13.9. The molecule has 3 aromatic rings. The topological polar surface area (TPSA) is 91.0 Å². The van der Waals surface area contributed by atoms with Gasteiger partial charge in [-0.1, -0.05) is 29.8 Å². The van der Waals surface area contributed by atoms with Crippen molar-refractivity contribution in [3.63, 3.8) is 0 Å². The predicted octanol–water partition coefficient (Wildman–Crippen LogP) is 6.84. The van der Waals surface area contributed by atoms with Gasteiger partial charge in [0.2, 0.25) is 5.90 Å². The fourth-order valence-electron chi connectivity index (χ4n) is 3.04. The Morgan fingerprint density at radius 1 is 1.15 bits per heavy atom. The molecule has 3 aromatic carbocycles. The van der Waals surface area contributed by atoms with Crippen molar-refractivity contribution in [1.82, 2.24) is 0 Å². The number of carbonyl (C=O) groups is 1. The number of halogens is 4. The average molecular weight is 611 g/mol. The van der Waals surface area contributed by atoms with Gasteiger partial charge in [-0.3, -0.25) is 10.1 Å². The summed E-state index contributed by atoms with van der Waals surface area (Å²) in [5, 5.41) is 11.2. The normalized spacial score (nSPS) is 14.2. The Labute approximate surface area is 214 Å². The molecule has 0 fully saturated rings. The second-order valence-electron chi connectivity index (χ2n) is 6.95. The van der Waals surface area contributed by atoms with Gasteiger partial charge in [-0.25, -0.2) is 14.2 Å². The summed E-state index contributed by atoms with van der Waals surface area (Å²) in [7, 11) is 0. The van der Waals surface area contributed by atoms with Gasteiger partial charge >= 0.3 is 5.97 Å². The van der Waals surface area contributed by atoms with Gasteiger partial charge in [-0.05, 0) is 67.8 Å². The molecule has 0 spiro atoms. The summed E-state index contributed by atoms with van der Waals surface area (Å²) in [4.78, 5) is 27.0. The highest BCUT2D eigenvalue weighted by Gasteiger charge is 2.27.